The van der Waals surface area contributed by atoms with Gasteiger partial charge in [-0.2, -0.15) is 5.26 Å². The molecule has 0 aliphatic carbocycles. The third-order valence-electron chi connectivity index (χ3n) is 1.66. The van der Waals surface area contributed by atoms with Crippen molar-refractivity contribution in [3.8, 4) is 6.07 Å². The molecule has 0 fully saturated rings. The van der Waals surface area contributed by atoms with Crippen molar-refractivity contribution in [1.82, 2.24) is 4.98 Å². The molecule has 0 aliphatic rings. The van der Waals surface area contributed by atoms with Gasteiger partial charge in [0.05, 0.1) is 11.3 Å². The molecular formula is C8H7F2N3. The molecule has 68 valence electrons. The highest BCUT2D eigenvalue weighted by molar-refractivity contribution is 5.60. The van der Waals surface area contributed by atoms with E-state index in [-0.39, 0.29) is 11.3 Å². The maximum Gasteiger partial charge on any atom is 0.282 e. The first kappa shape index (κ1) is 9.39. The fraction of sp³-hybridized carbons (Fsp3) is 0.250. The van der Waals surface area contributed by atoms with E-state index in [0.717, 1.165) is 0 Å². The molecule has 13 heavy (non-hydrogen) atoms. The van der Waals surface area contributed by atoms with Crippen molar-refractivity contribution < 1.29 is 8.78 Å². The van der Waals surface area contributed by atoms with E-state index in [4.69, 9.17) is 11.0 Å². The van der Waals surface area contributed by atoms with Crippen molar-refractivity contribution in [2.24, 2.45) is 0 Å². The molecule has 0 amide bonds. The van der Waals surface area contributed by atoms with Gasteiger partial charge in [-0.15, -0.1) is 0 Å². The molecule has 1 aromatic rings. The van der Waals surface area contributed by atoms with Crippen molar-refractivity contribution in [2.45, 2.75) is 13.3 Å². The molecule has 0 aromatic carbocycles. The van der Waals surface area contributed by atoms with Crippen LogP contribution in [0.4, 0.5) is 14.5 Å². The van der Waals surface area contributed by atoms with E-state index in [1.807, 2.05) is 0 Å². The standard InChI is InChI=1S/C8H7F2N3/c1-4-3-13-7(8(9)10)6(12)5(4)2-11/h3,8H,12H2,1H3. The first-order valence-corrected chi connectivity index (χ1v) is 3.51. The normalized spacial score (nSPS) is 10.1. The summed E-state index contributed by atoms with van der Waals surface area (Å²) >= 11 is 0. The summed E-state index contributed by atoms with van der Waals surface area (Å²) in [6.45, 7) is 1.59. The number of aromatic nitrogens is 1. The number of nitrogens with two attached hydrogens (primary N) is 1. The lowest BCUT2D eigenvalue weighted by molar-refractivity contribution is 0.147. The van der Waals surface area contributed by atoms with Crippen LogP contribution in [-0.4, -0.2) is 4.98 Å². The van der Waals surface area contributed by atoms with Crippen molar-refractivity contribution in [1.29, 1.82) is 5.26 Å². The molecule has 0 spiro atoms. The third kappa shape index (κ3) is 1.56. The second-order valence-electron chi connectivity index (χ2n) is 2.53. The topological polar surface area (TPSA) is 62.7 Å². The van der Waals surface area contributed by atoms with Crippen molar-refractivity contribution in [2.75, 3.05) is 5.73 Å². The maximum atomic E-state index is 12.2. The van der Waals surface area contributed by atoms with Gasteiger partial charge in [-0.25, -0.2) is 8.78 Å². The average Bonchev–Trinajstić information content (AvgIpc) is 2.04. The number of halogens is 2. The number of anilines is 1. The minimum atomic E-state index is -2.74. The first-order valence-electron chi connectivity index (χ1n) is 3.51. The van der Waals surface area contributed by atoms with E-state index < -0.39 is 12.1 Å². The quantitative estimate of drug-likeness (QED) is 0.721. The predicted molar refractivity (Wildman–Crippen MR) is 43.1 cm³/mol. The van der Waals surface area contributed by atoms with E-state index in [1.165, 1.54) is 6.20 Å². The zero-order valence-electron chi connectivity index (χ0n) is 6.88. The highest BCUT2D eigenvalue weighted by Gasteiger charge is 2.16. The number of nitrogen functional groups attached to an aromatic ring is 1. The van der Waals surface area contributed by atoms with Gasteiger partial charge >= 0.3 is 0 Å². The lowest BCUT2D eigenvalue weighted by Crippen LogP contribution is -2.03. The summed E-state index contributed by atoms with van der Waals surface area (Å²) in [5.74, 6) is 0. The van der Waals surface area contributed by atoms with Crippen LogP contribution in [0, 0.1) is 18.3 Å². The molecule has 5 heteroatoms. The SMILES string of the molecule is Cc1cnc(C(F)F)c(N)c1C#N. The summed E-state index contributed by atoms with van der Waals surface area (Å²) in [7, 11) is 0. The summed E-state index contributed by atoms with van der Waals surface area (Å²) in [6, 6.07) is 1.76. The zero-order chi connectivity index (χ0) is 10.0. The Hall–Kier alpha value is -1.70. The molecule has 0 aliphatic heterocycles. The van der Waals surface area contributed by atoms with Crippen LogP contribution < -0.4 is 5.73 Å². The Kier molecular flexibility index (Phi) is 2.42. The van der Waals surface area contributed by atoms with Gasteiger partial charge in [0.25, 0.3) is 6.43 Å². The molecule has 0 atom stereocenters. The van der Waals surface area contributed by atoms with Crippen LogP contribution in [0.5, 0.6) is 0 Å². The number of rotatable bonds is 1. The van der Waals surface area contributed by atoms with Crippen molar-refractivity contribution in [3.63, 3.8) is 0 Å². The Morgan fingerprint density at radius 2 is 2.23 bits per heavy atom. The Morgan fingerprint density at radius 3 is 2.69 bits per heavy atom. The molecule has 2 N–H and O–H groups in total. The number of hydrogen-bond donors (Lipinski definition) is 1. The molecule has 0 bridgehead atoms. The van der Waals surface area contributed by atoms with E-state index in [2.05, 4.69) is 4.98 Å². The average molecular weight is 183 g/mol. The smallest absolute Gasteiger partial charge is 0.282 e. The summed E-state index contributed by atoms with van der Waals surface area (Å²) in [5.41, 5.74) is 5.16. The molecule has 0 saturated carbocycles. The van der Waals surface area contributed by atoms with Crippen molar-refractivity contribution in [3.05, 3.63) is 23.0 Å². The Balaban J connectivity index is 3.38. The number of nitrogens with zero attached hydrogens (tertiary/aromatic N) is 2. The monoisotopic (exact) mass is 183 g/mol. The molecule has 0 radical (unpaired) electrons. The summed E-state index contributed by atoms with van der Waals surface area (Å²) in [5, 5.41) is 8.60. The van der Waals surface area contributed by atoms with Crippen LogP contribution in [0.1, 0.15) is 23.2 Å². The van der Waals surface area contributed by atoms with Gasteiger partial charge in [0.15, 0.2) is 0 Å². The summed E-state index contributed by atoms with van der Waals surface area (Å²) in [4.78, 5) is 3.46. The van der Waals surface area contributed by atoms with Crippen LogP contribution in [0.3, 0.4) is 0 Å². The van der Waals surface area contributed by atoms with Crippen LogP contribution >= 0.6 is 0 Å². The first-order chi connectivity index (χ1) is 6.07. The highest BCUT2D eigenvalue weighted by Crippen LogP contribution is 2.26. The largest absolute Gasteiger partial charge is 0.396 e. The van der Waals surface area contributed by atoms with E-state index in [9.17, 15) is 8.78 Å². The Morgan fingerprint density at radius 1 is 1.62 bits per heavy atom. The van der Waals surface area contributed by atoms with Crippen LogP contribution in [0.2, 0.25) is 0 Å². The molecule has 1 heterocycles. The summed E-state index contributed by atoms with van der Waals surface area (Å²) in [6.07, 6.45) is -1.52. The van der Waals surface area contributed by atoms with Crippen molar-refractivity contribution >= 4 is 5.69 Å². The van der Waals surface area contributed by atoms with Gasteiger partial charge in [-0.3, -0.25) is 4.98 Å². The molecule has 3 nitrogen and oxygen atoms in total. The second-order valence-corrected chi connectivity index (χ2v) is 2.53. The van der Waals surface area contributed by atoms with Crippen LogP contribution in [-0.2, 0) is 0 Å². The Bertz CT molecular complexity index is 368. The van der Waals surface area contributed by atoms with E-state index in [1.54, 1.807) is 13.0 Å². The van der Waals surface area contributed by atoms with Gasteiger partial charge < -0.3 is 5.73 Å². The van der Waals surface area contributed by atoms with Gasteiger partial charge in [0.2, 0.25) is 0 Å². The molecular weight excluding hydrogens is 176 g/mol. The van der Waals surface area contributed by atoms with Gasteiger partial charge in [0, 0.05) is 6.20 Å². The molecule has 0 unspecified atom stereocenters. The highest BCUT2D eigenvalue weighted by atomic mass is 19.3. The lowest BCUT2D eigenvalue weighted by Gasteiger charge is -2.06. The maximum absolute atomic E-state index is 12.2. The molecule has 1 rings (SSSR count). The second kappa shape index (κ2) is 3.35. The van der Waals surface area contributed by atoms with Gasteiger partial charge in [-0.1, -0.05) is 0 Å². The number of pyridine rings is 1. The Labute approximate surface area is 73.8 Å². The van der Waals surface area contributed by atoms with Crippen LogP contribution in [0.15, 0.2) is 6.20 Å². The number of nitriles is 1. The van der Waals surface area contributed by atoms with Crippen LogP contribution in [0.25, 0.3) is 0 Å². The van der Waals surface area contributed by atoms with E-state index in [0.29, 0.717) is 5.56 Å². The van der Waals surface area contributed by atoms with Gasteiger partial charge in [0.1, 0.15) is 11.8 Å². The summed E-state index contributed by atoms with van der Waals surface area (Å²) < 4.78 is 24.4. The number of aryl methyl sites for hydroxylation is 1. The zero-order valence-corrected chi connectivity index (χ0v) is 6.88. The predicted octanol–water partition coefficient (Wildman–Crippen LogP) is 1.78. The fourth-order valence-electron chi connectivity index (χ4n) is 0.963. The minimum absolute atomic E-state index is 0.0744. The lowest BCUT2D eigenvalue weighted by atomic mass is 10.1. The number of hydrogen-bond acceptors (Lipinski definition) is 3. The fourth-order valence-corrected chi connectivity index (χ4v) is 0.963. The molecule has 0 saturated heterocycles. The minimum Gasteiger partial charge on any atom is -0.396 e. The van der Waals surface area contributed by atoms with E-state index >= 15 is 0 Å². The molecule has 1 aromatic heterocycles. The third-order valence-corrected chi connectivity index (χ3v) is 1.66. The van der Waals surface area contributed by atoms with Gasteiger partial charge in [-0.05, 0) is 12.5 Å². The number of alkyl halides is 2.